The molecule has 0 unspecified atom stereocenters. The van der Waals surface area contributed by atoms with Gasteiger partial charge in [0.2, 0.25) is 0 Å². The number of aromatic amines is 1. The van der Waals surface area contributed by atoms with Gasteiger partial charge in [-0.3, -0.25) is 4.90 Å². The highest BCUT2D eigenvalue weighted by Gasteiger charge is 2.23. The second-order valence-corrected chi connectivity index (χ2v) is 9.84. The number of H-pyrrole nitrogens is 1. The first-order valence-corrected chi connectivity index (χ1v) is 12.4. The number of ether oxygens (including phenoxy) is 1. The number of benzene rings is 1. The number of nitrogens with one attached hydrogen (secondary N) is 1. The third-order valence-electron chi connectivity index (χ3n) is 7.22. The van der Waals surface area contributed by atoms with Gasteiger partial charge in [0.25, 0.3) is 5.88 Å². The van der Waals surface area contributed by atoms with Crippen molar-refractivity contribution < 1.29 is 14.4 Å². The topological polar surface area (TPSA) is 100 Å². The lowest BCUT2D eigenvalue weighted by atomic mass is 9.93. The lowest BCUT2D eigenvalue weighted by Crippen LogP contribution is -2.35. The number of nitrogens with zero attached hydrogens (tertiary/aromatic N) is 4. The maximum Gasteiger partial charge on any atom is 0.254 e. The summed E-state index contributed by atoms with van der Waals surface area (Å²) in [6.07, 6.45) is 2.15. The Balaban J connectivity index is 1.14. The van der Waals surface area contributed by atoms with Crippen LogP contribution < -0.4 is 4.74 Å². The van der Waals surface area contributed by atoms with Crippen LogP contribution in [0.3, 0.4) is 0 Å². The molecule has 1 aromatic carbocycles. The molecule has 1 aliphatic rings. The van der Waals surface area contributed by atoms with Gasteiger partial charge in [0.15, 0.2) is 5.65 Å². The van der Waals surface area contributed by atoms with Crippen LogP contribution in [0.25, 0.3) is 22.3 Å². The van der Waals surface area contributed by atoms with Crippen LogP contribution in [-0.2, 0) is 0 Å². The quantitative estimate of drug-likeness (QED) is 0.355. The van der Waals surface area contributed by atoms with Crippen LogP contribution in [0, 0.1) is 5.92 Å². The molecule has 1 saturated heterocycles. The minimum Gasteiger partial charge on any atom is -0.507 e. The van der Waals surface area contributed by atoms with Crippen molar-refractivity contribution in [1.29, 1.82) is 0 Å². The van der Waals surface area contributed by atoms with Crippen LogP contribution in [0.15, 0.2) is 47.0 Å². The third kappa shape index (κ3) is 5.17. The normalized spacial score (nSPS) is 16.2. The fourth-order valence-corrected chi connectivity index (χ4v) is 4.63. The number of hydrogen-bond donors (Lipinski definition) is 2. The molecule has 2 N–H and O–H groups in total. The molecule has 4 heterocycles. The van der Waals surface area contributed by atoms with Crippen molar-refractivity contribution in [2.45, 2.75) is 45.4 Å². The first-order chi connectivity index (χ1) is 17.0. The highest BCUT2D eigenvalue weighted by atomic mass is 16.5. The highest BCUT2D eigenvalue weighted by molar-refractivity contribution is 5.81. The Kier molecular flexibility index (Phi) is 6.72. The van der Waals surface area contributed by atoms with Gasteiger partial charge in [0, 0.05) is 41.1 Å². The van der Waals surface area contributed by atoms with E-state index in [0.29, 0.717) is 41.5 Å². The molecule has 8 heteroatoms. The summed E-state index contributed by atoms with van der Waals surface area (Å²) in [5.74, 6) is 2.96. The van der Waals surface area contributed by atoms with Crippen molar-refractivity contribution in [3.8, 4) is 22.9 Å². The number of rotatable bonds is 8. The molecular weight excluding hydrogens is 442 g/mol. The van der Waals surface area contributed by atoms with E-state index in [-0.39, 0.29) is 5.75 Å². The number of piperidine rings is 1. The maximum atomic E-state index is 10.1. The number of para-hydroxylation sites is 1. The summed E-state index contributed by atoms with van der Waals surface area (Å²) in [5.41, 5.74) is 3.35. The largest absolute Gasteiger partial charge is 0.507 e. The second-order valence-electron chi connectivity index (χ2n) is 9.84. The average molecular weight is 476 g/mol. The first-order valence-electron chi connectivity index (χ1n) is 12.4. The number of hydrogen-bond acceptors (Lipinski definition) is 7. The average Bonchev–Trinajstić information content (AvgIpc) is 3.51. The fourth-order valence-electron chi connectivity index (χ4n) is 4.63. The van der Waals surface area contributed by atoms with Gasteiger partial charge in [-0.15, -0.1) is 10.2 Å². The molecule has 35 heavy (non-hydrogen) atoms. The zero-order valence-corrected chi connectivity index (χ0v) is 20.6. The van der Waals surface area contributed by atoms with Gasteiger partial charge in [-0.25, -0.2) is 0 Å². The van der Waals surface area contributed by atoms with Crippen LogP contribution in [0.2, 0.25) is 0 Å². The van der Waals surface area contributed by atoms with E-state index >= 15 is 0 Å². The van der Waals surface area contributed by atoms with E-state index in [2.05, 4.69) is 52.1 Å². The molecule has 0 spiro atoms. The highest BCUT2D eigenvalue weighted by Crippen LogP contribution is 2.32. The molecule has 1 aliphatic heterocycles. The lowest BCUT2D eigenvalue weighted by molar-refractivity contribution is 0.167. The van der Waals surface area contributed by atoms with E-state index in [9.17, 15) is 5.11 Å². The van der Waals surface area contributed by atoms with Gasteiger partial charge in [0.1, 0.15) is 18.1 Å². The maximum absolute atomic E-state index is 10.1. The Bertz CT molecular complexity index is 1270. The van der Waals surface area contributed by atoms with Crippen LogP contribution in [0.4, 0.5) is 0 Å². The number of phenols is 1. The van der Waals surface area contributed by atoms with Gasteiger partial charge in [-0.1, -0.05) is 32.9 Å². The molecule has 5 rings (SSSR count). The summed E-state index contributed by atoms with van der Waals surface area (Å²) in [7, 11) is 0. The van der Waals surface area contributed by atoms with Crippen molar-refractivity contribution in [3.05, 3.63) is 53.9 Å². The van der Waals surface area contributed by atoms with Gasteiger partial charge >= 0.3 is 0 Å². The van der Waals surface area contributed by atoms with E-state index in [1.54, 1.807) is 12.1 Å². The minimum atomic E-state index is 0.211. The molecule has 0 radical (unpaired) electrons. The van der Waals surface area contributed by atoms with Crippen molar-refractivity contribution >= 4 is 11.0 Å². The Morgan fingerprint density at radius 2 is 1.91 bits per heavy atom. The van der Waals surface area contributed by atoms with E-state index in [1.807, 2.05) is 24.3 Å². The first kappa shape index (κ1) is 23.4. The lowest BCUT2D eigenvalue weighted by Gasteiger charge is -2.31. The Morgan fingerprint density at radius 1 is 1.11 bits per heavy atom. The molecule has 8 nitrogen and oxygen atoms in total. The Morgan fingerprint density at radius 3 is 2.69 bits per heavy atom. The van der Waals surface area contributed by atoms with E-state index in [1.165, 1.54) is 5.69 Å². The Hall–Kier alpha value is -3.39. The van der Waals surface area contributed by atoms with Gasteiger partial charge in [-0.2, -0.15) is 0 Å². The number of aromatic nitrogens is 4. The summed E-state index contributed by atoms with van der Waals surface area (Å²) < 4.78 is 11.3. The molecule has 4 aromatic rings. The zero-order chi connectivity index (χ0) is 24.4. The van der Waals surface area contributed by atoms with Crippen LogP contribution in [0.5, 0.6) is 11.6 Å². The van der Waals surface area contributed by atoms with Crippen LogP contribution in [0.1, 0.15) is 56.9 Å². The number of aromatic hydroxyl groups is 1. The number of fused-ring (bicyclic) bond motifs is 1. The minimum absolute atomic E-state index is 0.211. The summed E-state index contributed by atoms with van der Waals surface area (Å²) in [5, 5.41) is 23.9. The number of likely N-dealkylation sites (tertiary alicyclic amines) is 1. The van der Waals surface area contributed by atoms with E-state index in [0.717, 1.165) is 49.3 Å². The zero-order valence-electron chi connectivity index (χ0n) is 20.6. The molecule has 0 amide bonds. The van der Waals surface area contributed by atoms with Gasteiger partial charge < -0.3 is 19.4 Å². The molecule has 3 aromatic heterocycles. The van der Waals surface area contributed by atoms with Gasteiger partial charge in [-0.05, 0) is 61.3 Å². The molecular formula is C27H33N5O3. The standard InChI is InChI=1S/C27H33N5O3/c1-17(2)18(3)25-16-26(31-35-25)34-13-12-32-10-8-19(9-11-32)22-14-20-15-23(29-30-27(20)28-22)21-6-4-5-7-24(21)33/h4-7,14-19,33H,8-13H2,1-3H3,(H,28,30)/t18-/m1/s1. The molecule has 0 aliphatic carbocycles. The van der Waals surface area contributed by atoms with Crippen LogP contribution in [-0.4, -0.2) is 56.6 Å². The van der Waals surface area contributed by atoms with Crippen molar-refractivity contribution in [2.24, 2.45) is 5.92 Å². The fraction of sp³-hybridized carbons (Fsp3) is 0.444. The van der Waals surface area contributed by atoms with E-state index in [4.69, 9.17) is 9.26 Å². The van der Waals surface area contributed by atoms with E-state index < -0.39 is 0 Å². The second kappa shape index (κ2) is 10.1. The summed E-state index contributed by atoms with van der Waals surface area (Å²) in [6, 6.07) is 13.3. The summed E-state index contributed by atoms with van der Waals surface area (Å²) >= 11 is 0. The van der Waals surface area contributed by atoms with Crippen molar-refractivity contribution in [3.63, 3.8) is 0 Å². The predicted octanol–water partition coefficient (Wildman–Crippen LogP) is 5.34. The SMILES string of the molecule is CC(C)[C@@H](C)c1cc(OCCN2CCC(c3cc4cc(-c5ccccc5O)nnc4[nH]3)CC2)no1. The monoisotopic (exact) mass is 475 g/mol. The Labute approximate surface area is 205 Å². The summed E-state index contributed by atoms with van der Waals surface area (Å²) in [4.78, 5) is 5.90. The molecule has 184 valence electrons. The van der Waals surface area contributed by atoms with Crippen LogP contribution >= 0.6 is 0 Å². The molecule has 0 saturated carbocycles. The number of phenolic OH excluding ortho intramolecular Hbond substituents is 1. The molecule has 1 atom stereocenters. The molecule has 1 fully saturated rings. The van der Waals surface area contributed by atoms with Crippen molar-refractivity contribution in [1.82, 2.24) is 25.2 Å². The van der Waals surface area contributed by atoms with Crippen molar-refractivity contribution in [2.75, 3.05) is 26.2 Å². The third-order valence-corrected chi connectivity index (χ3v) is 7.22. The predicted molar refractivity (Wildman–Crippen MR) is 135 cm³/mol. The molecule has 0 bridgehead atoms. The van der Waals surface area contributed by atoms with Gasteiger partial charge in [0.05, 0.1) is 5.69 Å². The summed E-state index contributed by atoms with van der Waals surface area (Å²) in [6.45, 7) is 10.0. The smallest absolute Gasteiger partial charge is 0.254 e.